The van der Waals surface area contributed by atoms with Gasteiger partial charge in [0.05, 0.1) is 6.54 Å². The fourth-order valence-electron chi connectivity index (χ4n) is 3.99. The van der Waals surface area contributed by atoms with E-state index >= 15 is 0 Å². The molecule has 0 unspecified atom stereocenters. The van der Waals surface area contributed by atoms with Crippen LogP contribution in [-0.2, 0) is 19.4 Å². The Morgan fingerprint density at radius 3 is 2.96 bits per heavy atom. The number of phenols is 1. The van der Waals surface area contributed by atoms with E-state index in [2.05, 4.69) is 25.9 Å². The van der Waals surface area contributed by atoms with Crippen molar-refractivity contribution in [2.24, 2.45) is 0 Å². The van der Waals surface area contributed by atoms with Gasteiger partial charge in [-0.1, -0.05) is 6.07 Å². The molecule has 0 atom stereocenters. The van der Waals surface area contributed by atoms with Gasteiger partial charge in [-0.15, -0.1) is 0 Å². The SMILES string of the molecule is Oc1cc(-c2cccnc2)cc2c1OCCN(c1ncnc3c1CCC3)C2. The number of ether oxygens (including phenoxy) is 1. The molecule has 0 saturated heterocycles. The summed E-state index contributed by atoms with van der Waals surface area (Å²) >= 11 is 0. The van der Waals surface area contributed by atoms with Crippen LogP contribution in [0.25, 0.3) is 11.1 Å². The minimum absolute atomic E-state index is 0.168. The Bertz CT molecular complexity index is 991. The van der Waals surface area contributed by atoms with Crippen molar-refractivity contribution in [3.8, 4) is 22.6 Å². The number of aryl methyl sites for hydroxylation is 1. The third-order valence-electron chi connectivity index (χ3n) is 5.26. The maximum Gasteiger partial charge on any atom is 0.166 e. The monoisotopic (exact) mass is 360 g/mol. The van der Waals surface area contributed by atoms with E-state index in [9.17, 15) is 5.11 Å². The molecule has 5 rings (SSSR count). The summed E-state index contributed by atoms with van der Waals surface area (Å²) in [6.45, 7) is 1.87. The van der Waals surface area contributed by atoms with Gasteiger partial charge >= 0.3 is 0 Å². The predicted molar refractivity (Wildman–Crippen MR) is 102 cm³/mol. The van der Waals surface area contributed by atoms with Crippen molar-refractivity contribution < 1.29 is 9.84 Å². The first kappa shape index (κ1) is 16.1. The Labute approximate surface area is 157 Å². The maximum atomic E-state index is 10.5. The molecule has 2 aromatic heterocycles. The van der Waals surface area contributed by atoms with E-state index in [1.54, 1.807) is 24.8 Å². The molecule has 1 aliphatic heterocycles. The standard InChI is InChI=1S/C21H20N4O2/c26-19-10-15(14-3-2-6-22-11-14)9-16-12-25(7-8-27-20(16)19)21-17-4-1-5-18(17)23-13-24-21/h2-3,6,9-11,13,26H,1,4-5,7-8,12H2. The molecule has 1 aliphatic carbocycles. The lowest BCUT2D eigenvalue weighted by atomic mass is 10.0. The molecular formula is C21H20N4O2. The van der Waals surface area contributed by atoms with Gasteiger partial charge in [-0.3, -0.25) is 4.98 Å². The van der Waals surface area contributed by atoms with E-state index in [1.165, 1.54) is 5.56 Å². The zero-order valence-corrected chi connectivity index (χ0v) is 14.9. The van der Waals surface area contributed by atoms with Crippen molar-refractivity contribution in [1.29, 1.82) is 0 Å². The number of pyridine rings is 1. The molecule has 0 bridgehead atoms. The smallest absolute Gasteiger partial charge is 0.166 e. The number of fused-ring (bicyclic) bond motifs is 2. The van der Waals surface area contributed by atoms with Crippen molar-refractivity contribution in [2.75, 3.05) is 18.1 Å². The molecule has 2 aliphatic rings. The van der Waals surface area contributed by atoms with Crippen LogP contribution in [0.4, 0.5) is 5.82 Å². The number of rotatable bonds is 2. The number of phenolic OH excluding ortho intramolecular Hbond substituents is 1. The quantitative estimate of drug-likeness (QED) is 0.757. The average molecular weight is 360 g/mol. The second-order valence-electron chi connectivity index (χ2n) is 6.97. The van der Waals surface area contributed by atoms with Gasteiger partial charge in [0.15, 0.2) is 11.5 Å². The van der Waals surface area contributed by atoms with Crippen LogP contribution in [0.3, 0.4) is 0 Å². The predicted octanol–water partition coefficient (Wildman–Crippen LogP) is 3.13. The fourth-order valence-corrected chi connectivity index (χ4v) is 3.99. The van der Waals surface area contributed by atoms with Gasteiger partial charge in [-0.2, -0.15) is 0 Å². The molecule has 3 heterocycles. The van der Waals surface area contributed by atoms with Crippen LogP contribution in [0.1, 0.15) is 23.2 Å². The summed E-state index contributed by atoms with van der Waals surface area (Å²) in [5, 5.41) is 10.5. The first-order chi connectivity index (χ1) is 13.3. The van der Waals surface area contributed by atoms with Crippen molar-refractivity contribution in [3.63, 3.8) is 0 Å². The first-order valence-electron chi connectivity index (χ1n) is 9.26. The topological polar surface area (TPSA) is 71.4 Å². The zero-order valence-electron chi connectivity index (χ0n) is 14.9. The van der Waals surface area contributed by atoms with E-state index < -0.39 is 0 Å². The van der Waals surface area contributed by atoms with E-state index in [-0.39, 0.29) is 5.75 Å². The van der Waals surface area contributed by atoms with Crippen molar-refractivity contribution in [1.82, 2.24) is 15.0 Å². The Balaban J connectivity index is 1.55. The first-order valence-corrected chi connectivity index (χ1v) is 9.26. The summed E-state index contributed by atoms with van der Waals surface area (Å²) in [7, 11) is 0. The molecule has 136 valence electrons. The largest absolute Gasteiger partial charge is 0.504 e. The highest BCUT2D eigenvalue weighted by Gasteiger charge is 2.25. The van der Waals surface area contributed by atoms with Crippen molar-refractivity contribution in [2.45, 2.75) is 25.8 Å². The molecule has 27 heavy (non-hydrogen) atoms. The summed E-state index contributed by atoms with van der Waals surface area (Å²) in [6, 6.07) is 7.70. The van der Waals surface area contributed by atoms with E-state index in [1.807, 2.05) is 12.1 Å². The molecule has 1 aromatic carbocycles. The average Bonchev–Trinajstić information content (AvgIpc) is 3.08. The van der Waals surface area contributed by atoms with Crippen molar-refractivity contribution in [3.05, 3.63) is 59.8 Å². The van der Waals surface area contributed by atoms with Crippen LogP contribution < -0.4 is 9.64 Å². The summed E-state index contributed by atoms with van der Waals surface area (Å²) in [6.07, 6.45) is 8.39. The number of hydrogen-bond acceptors (Lipinski definition) is 6. The van der Waals surface area contributed by atoms with E-state index in [4.69, 9.17) is 4.74 Å². The lowest BCUT2D eigenvalue weighted by Gasteiger charge is -2.23. The van der Waals surface area contributed by atoms with E-state index in [0.717, 1.165) is 54.0 Å². The minimum atomic E-state index is 0.168. The highest BCUT2D eigenvalue weighted by atomic mass is 16.5. The number of benzene rings is 1. The maximum absolute atomic E-state index is 10.5. The minimum Gasteiger partial charge on any atom is -0.504 e. The molecule has 0 spiro atoms. The van der Waals surface area contributed by atoms with Crippen LogP contribution in [-0.4, -0.2) is 33.2 Å². The van der Waals surface area contributed by atoms with Crippen LogP contribution in [0.2, 0.25) is 0 Å². The Morgan fingerprint density at radius 1 is 1.11 bits per heavy atom. The van der Waals surface area contributed by atoms with Crippen LogP contribution in [0, 0.1) is 0 Å². The van der Waals surface area contributed by atoms with Crippen LogP contribution in [0.5, 0.6) is 11.5 Å². The van der Waals surface area contributed by atoms with Gasteiger partial charge in [-0.25, -0.2) is 9.97 Å². The molecule has 0 amide bonds. The lowest BCUT2D eigenvalue weighted by molar-refractivity contribution is 0.311. The zero-order chi connectivity index (χ0) is 18.2. The van der Waals surface area contributed by atoms with Crippen LogP contribution >= 0.6 is 0 Å². The second-order valence-corrected chi connectivity index (χ2v) is 6.97. The summed E-state index contributed by atoms with van der Waals surface area (Å²) in [4.78, 5) is 15.4. The second kappa shape index (κ2) is 6.54. The molecule has 0 radical (unpaired) electrons. The van der Waals surface area contributed by atoms with Gasteiger partial charge in [0.1, 0.15) is 18.8 Å². The van der Waals surface area contributed by atoms with Gasteiger partial charge < -0.3 is 14.7 Å². The molecular weight excluding hydrogens is 340 g/mol. The van der Waals surface area contributed by atoms with Gasteiger partial charge in [0.2, 0.25) is 0 Å². The van der Waals surface area contributed by atoms with Gasteiger partial charge in [0, 0.05) is 41.3 Å². The number of nitrogens with zero attached hydrogens (tertiary/aromatic N) is 4. The lowest BCUT2D eigenvalue weighted by Crippen LogP contribution is -2.27. The Kier molecular flexibility index (Phi) is 3.89. The molecule has 3 aromatic rings. The summed E-state index contributed by atoms with van der Waals surface area (Å²) in [5.74, 6) is 1.73. The normalized spacial score (nSPS) is 15.6. The third kappa shape index (κ3) is 2.87. The number of aromatic hydroxyl groups is 1. The van der Waals surface area contributed by atoms with Gasteiger partial charge in [0.25, 0.3) is 0 Å². The third-order valence-corrected chi connectivity index (χ3v) is 5.26. The highest BCUT2D eigenvalue weighted by molar-refractivity contribution is 5.69. The number of anilines is 1. The molecule has 6 nitrogen and oxygen atoms in total. The van der Waals surface area contributed by atoms with Gasteiger partial charge in [-0.05, 0) is 43.0 Å². The highest BCUT2D eigenvalue weighted by Crippen LogP contribution is 2.39. The molecule has 0 fully saturated rings. The van der Waals surface area contributed by atoms with E-state index in [0.29, 0.717) is 18.9 Å². The van der Waals surface area contributed by atoms with Crippen LogP contribution in [0.15, 0.2) is 43.0 Å². The number of aromatic nitrogens is 3. The summed E-state index contributed by atoms with van der Waals surface area (Å²) < 4.78 is 5.89. The molecule has 0 saturated carbocycles. The molecule has 1 N–H and O–H groups in total. The fraction of sp³-hybridized carbons (Fsp3) is 0.286. The Hall–Kier alpha value is -3.15. The number of hydrogen-bond donors (Lipinski definition) is 1. The Morgan fingerprint density at radius 2 is 2.07 bits per heavy atom. The molecule has 6 heteroatoms. The summed E-state index contributed by atoms with van der Waals surface area (Å²) in [5.41, 5.74) is 5.27. The van der Waals surface area contributed by atoms with Crippen molar-refractivity contribution >= 4 is 5.82 Å².